The third kappa shape index (κ3) is 3.14. The van der Waals surface area contributed by atoms with Crippen LogP contribution in [-0.4, -0.2) is 20.8 Å². The van der Waals surface area contributed by atoms with Gasteiger partial charge >= 0.3 is 0 Å². The normalized spacial score (nSPS) is 12.6. The van der Waals surface area contributed by atoms with Gasteiger partial charge in [-0.2, -0.15) is 5.10 Å². The molecule has 2 rings (SSSR count). The number of nitrogens with two attached hydrogens (primary N) is 1. The maximum Gasteiger partial charge on any atom is 0.153 e. The van der Waals surface area contributed by atoms with Gasteiger partial charge in [-0.3, -0.25) is 0 Å². The van der Waals surface area contributed by atoms with E-state index in [0.29, 0.717) is 0 Å². The van der Waals surface area contributed by atoms with Gasteiger partial charge in [-0.15, -0.1) is 0 Å². The van der Waals surface area contributed by atoms with Crippen molar-refractivity contribution >= 4 is 15.9 Å². The van der Waals surface area contributed by atoms with Crippen LogP contribution in [0.1, 0.15) is 18.9 Å². The molecule has 2 N–H and O–H groups in total. The minimum atomic E-state index is 0.210. The van der Waals surface area contributed by atoms with Crippen LogP contribution in [0.2, 0.25) is 0 Å². The lowest BCUT2D eigenvalue weighted by atomic mass is 10.1. The van der Waals surface area contributed by atoms with Crippen molar-refractivity contribution in [2.75, 3.05) is 0 Å². The Hall–Kier alpha value is -1.20. The first-order valence-electron chi connectivity index (χ1n) is 5.60. The Labute approximate surface area is 109 Å². The van der Waals surface area contributed by atoms with E-state index in [0.717, 1.165) is 28.7 Å². The largest absolute Gasteiger partial charge is 0.327 e. The molecule has 0 bridgehead atoms. The van der Waals surface area contributed by atoms with Crippen LogP contribution in [0, 0.1) is 0 Å². The highest BCUT2D eigenvalue weighted by atomic mass is 79.9. The number of hydrogen-bond acceptors (Lipinski definition) is 3. The van der Waals surface area contributed by atoms with Crippen LogP contribution in [0.25, 0.3) is 5.82 Å². The molecule has 0 saturated carbocycles. The Balaban J connectivity index is 2.13. The highest BCUT2D eigenvalue weighted by molar-refractivity contribution is 9.10. The Bertz CT molecular complexity index is 478. The average Bonchev–Trinajstić information content (AvgIpc) is 2.77. The highest BCUT2D eigenvalue weighted by Crippen LogP contribution is 2.11. The van der Waals surface area contributed by atoms with Crippen molar-refractivity contribution in [1.29, 1.82) is 0 Å². The van der Waals surface area contributed by atoms with E-state index >= 15 is 0 Å². The van der Waals surface area contributed by atoms with E-state index in [1.54, 1.807) is 10.9 Å². The first kappa shape index (κ1) is 12.3. The quantitative estimate of drug-likeness (QED) is 0.941. The van der Waals surface area contributed by atoms with Gasteiger partial charge < -0.3 is 5.73 Å². The number of pyridine rings is 1. The molecular weight excluding hydrogens is 280 g/mol. The summed E-state index contributed by atoms with van der Waals surface area (Å²) in [7, 11) is 0. The summed E-state index contributed by atoms with van der Waals surface area (Å²) in [6.45, 7) is 2.09. The van der Waals surface area contributed by atoms with Crippen LogP contribution in [-0.2, 0) is 6.42 Å². The van der Waals surface area contributed by atoms with Gasteiger partial charge in [0.2, 0.25) is 0 Å². The van der Waals surface area contributed by atoms with Crippen LogP contribution in [0.3, 0.4) is 0 Å². The topological polar surface area (TPSA) is 56.7 Å². The predicted octanol–water partition coefficient (Wildman–Crippen LogP) is 2.31. The summed E-state index contributed by atoms with van der Waals surface area (Å²) in [6.07, 6.45) is 7.32. The zero-order valence-electron chi connectivity index (χ0n) is 9.68. The number of aromatic nitrogens is 3. The zero-order valence-corrected chi connectivity index (χ0v) is 11.3. The monoisotopic (exact) mass is 294 g/mol. The third-order valence-electron chi connectivity index (χ3n) is 2.62. The van der Waals surface area contributed by atoms with Crippen LogP contribution in [0.5, 0.6) is 0 Å². The first-order valence-corrected chi connectivity index (χ1v) is 6.39. The van der Waals surface area contributed by atoms with Crippen LogP contribution >= 0.6 is 15.9 Å². The van der Waals surface area contributed by atoms with Gasteiger partial charge in [-0.25, -0.2) is 9.67 Å². The lowest BCUT2D eigenvalue weighted by Crippen LogP contribution is -2.21. The molecule has 1 unspecified atom stereocenters. The van der Waals surface area contributed by atoms with Gasteiger partial charge in [0, 0.05) is 18.4 Å². The molecule has 2 aromatic heterocycles. The number of halogens is 1. The minimum Gasteiger partial charge on any atom is -0.327 e. The first-order chi connectivity index (χ1) is 8.19. The van der Waals surface area contributed by atoms with Gasteiger partial charge in [0.05, 0.1) is 10.7 Å². The molecular formula is C12H15BrN4. The standard InChI is InChI=1S/C12H15BrN4/c1-2-11(14)5-9-3-4-12(15-6-9)17-8-10(13)7-16-17/h3-4,6-8,11H,2,5,14H2,1H3. The molecule has 1 atom stereocenters. The molecule has 90 valence electrons. The Morgan fingerprint density at radius 2 is 2.24 bits per heavy atom. The average molecular weight is 295 g/mol. The molecule has 2 aromatic rings. The van der Waals surface area contributed by atoms with Gasteiger partial charge in [0.25, 0.3) is 0 Å². The van der Waals surface area contributed by atoms with E-state index in [-0.39, 0.29) is 6.04 Å². The van der Waals surface area contributed by atoms with Gasteiger partial charge in [-0.1, -0.05) is 13.0 Å². The molecule has 17 heavy (non-hydrogen) atoms. The van der Waals surface area contributed by atoms with Crippen molar-refractivity contribution in [2.24, 2.45) is 5.73 Å². The molecule has 5 heteroatoms. The molecule has 0 aliphatic carbocycles. The second-order valence-corrected chi connectivity index (χ2v) is 4.92. The van der Waals surface area contributed by atoms with Gasteiger partial charge in [-0.05, 0) is 40.4 Å². The van der Waals surface area contributed by atoms with E-state index in [9.17, 15) is 0 Å². The Morgan fingerprint density at radius 3 is 2.76 bits per heavy atom. The van der Waals surface area contributed by atoms with E-state index in [4.69, 9.17) is 5.73 Å². The molecule has 0 fully saturated rings. The van der Waals surface area contributed by atoms with Crippen molar-refractivity contribution in [2.45, 2.75) is 25.8 Å². The summed E-state index contributed by atoms with van der Waals surface area (Å²) < 4.78 is 2.67. The van der Waals surface area contributed by atoms with E-state index in [2.05, 4.69) is 32.9 Å². The van der Waals surface area contributed by atoms with E-state index in [1.165, 1.54) is 0 Å². The van der Waals surface area contributed by atoms with Crippen molar-refractivity contribution in [3.8, 4) is 5.82 Å². The fourth-order valence-corrected chi connectivity index (χ4v) is 1.83. The molecule has 0 radical (unpaired) electrons. The molecule has 0 aliphatic rings. The van der Waals surface area contributed by atoms with Crippen molar-refractivity contribution < 1.29 is 0 Å². The molecule has 2 heterocycles. The molecule has 4 nitrogen and oxygen atoms in total. The maximum absolute atomic E-state index is 5.91. The fourth-order valence-electron chi connectivity index (χ4n) is 1.55. The van der Waals surface area contributed by atoms with Crippen LogP contribution in [0.15, 0.2) is 35.2 Å². The SMILES string of the molecule is CCC(N)Cc1ccc(-n2cc(Br)cn2)nc1. The van der Waals surface area contributed by atoms with Crippen LogP contribution < -0.4 is 5.73 Å². The summed E-state index contributed by atoms with van der Waals surface area (Å²) in [5.74, 6) is 0.810. The Morgan fingerprint density at radius 1 is 1.41 bits per heavy atom. The summed E-state index contributed by atoms with van der Waals surface area (Å²) in [5.41, 5.74) is 7.07. The molecule has 0 saturated heterocycles. The fraction of sp³-hybridized carbons (Fsp3) is 0.333. The van der Waals surface area contributed by atoms with Crippen molar-refractivity contribution in [3.05, 3.63) is 40.8 Å². The lowest BCUT2D eigenvalue weighted by Gasteiger charge is -2.08. The second-order valence-electron chi connectivity index (χ2n) is 4.00. The van der Waals surface area contributed by atoms with E-state index < -0.39 is 0 Å². The number of nitrogens with zero attached hydrogens (tertiary/aromatic N) is 3. The highest BCUT2D eigenvalue weighted by Gasteiger charge is 2.03. The third-order valence-corrected chi connectivity index (χ3v) is 3.03. The second kappa shape index (κ2) is 5.42. The predicted molar refractivity (Wildman–Crippen MR) is 71.0 cm³/mol. The van der Waals surface area contributed by atoms with Crippen LogP contribution in [0.4, 0.5) is 0 Å². The Kier molecular flexibility index (Phi) is 3.91. The lowest BCUT2D eigenvalue weighted by molar-refractivity contribution is 0.644. The van der Waals surface area contributed by atoms with Gasteiger partial charge in [0.1, 0.15) is 0 Å². The molecule has 0 spiro atoms. The minimum absolute atomic E-state index is 0.210. The summed E-state index contributed by atoms with van der Waals surface area (Å²) >= 11 is 3.36. The number of rotatable bonds is 4. The van der Waals surface area contributed by atoms with Crippen molar-refractivity contribution in [3.63, 3.8) is 0 Å². The van der Waals surface area contributed by atoms with E-state index in [1.807, 2.05) is 24.5 Å². The van der Waals surface area contributed by atoms with Gasteiger partial charge in [0.15, 0.2) is 5.82 Å². The molecule has 0 aliphatic heterocycles. The molecule has 0 amide bonds. The smallest absolute Gasteiger partial charge is 0.153 e. The summed E-state index contributed by atoms with van der Waals surface area (Å²) in [6, 6.07) is 4.21. The zero-order chi connectivity index (χ0) is 12.3. The molecule has 0 aromatic carbocycles. The summed E-state index contributed by atoms with van der Waals surface area (Å²) in [4.78, 5) is 4.37. The summed E-state index contributed by atoms with van der Waals surface area (Å²) in [5, 5.41) is 4.18. The number of hydrogen-bond donors (Lipinski definition) is 1. The maximum atomic E-state index is 5.91. The van der Waals surface area contributed by atoms with Crippen molar-refractivity contribution in [1.82, 2.24) is 14.8 Å².